The molecule has 0 aliphatic carbocycles. The van der Waals surface area contributed by atoms with Crippen LogP contribution in [0.1, 0.15) is 32.4 Å². The molecule has 7 nitrogen and oxygen atoms in total. The summed E-state index contributed by atoms with van der Waals surface area (Å²) in [5.74, 6) is 3.23. The smallest absolute Gasteiger partial charge is 0.225 e. The van der Waals surface area contributed by atoms with Crippen molar-refractivity contribution in [2.24, 2.45) is 10.9 Å². The molecule has 0 atom stereocenters. The zero-order valence-corrected chi connectivity index (χ0v) is 16.3. The molecule has 0 amide bonds. The van der Waals surface area contributed by atoms with Crippen LogP contribution in [-0.4, -0.2) is 48.1 Å². The van der Waals surface area contributed by atoms with Gasteiger partial charge in [-0.3, -0.25) is 4.99 Å². The SMILES string of the molecule is CC(C)CN=C(NCCc1ccco1)NC1CCN(c2ncccn2)CC1. The standard InChI is InChI=1S/C20H30N6O/c1-16(2)15-24-19(21-11-6-18-5-3-14-27-18)25-17-7-12-26(13-8-17)20-22-9-4-10-23-20/h3-5,9-10,14,16-17H,6-8,11-13,15H2,1-2H3,(H2,21,24,25). The lowest BCUT2D eigenvalue weighted by Gasteiger charge is -2.33. The van der Waals surface area contributed by atoms with Gasteiger partial charge in [0.1, 0.15) is 5.76 Å². The summed E-state index contributed by atoms with van der Waals surface area (Å²) in [5, 5.41) is 7.05. The van der Waals surface area contributed by atoms with Crippen molar-refractivity contribution in [2.45, 2.75) is 39.2 Å². The Hall–Kier alpha value is -2.57. The number of furan rings is 1. The molecule has 3 heterocycles. The van der Waals surface area contributed by atoms with Crippen molar-refractivity contribution < 1.29 is 4.42 Å². The fraction of sp³-hybridized carbons (Fsp3) is 0.550. The number of anilines is 1. The lowest BCUT2D eigenvalue weighted by molar-refractivity contribution is 0.455. The second-order valence-electron chi connectivity index (χ2n) is 7.29. The van der Waals surface area contributed by atoms with Gasteiger partial charge in [0, 0.05) is 51.0 Å². The van der Waals surface area contributed by atoms with Crippen LogP contribution >= 0.6 is 0 Å². The Kier molecular flexibility index (Phi) is 7.07. The highest BCUT2D eigenvalue weighted by molar-refractivity contribution is 5.80. The molecule has 0 spiro atoms. The van der Waals surface area contributed by atoms with Crippen LogP contribution in [0.5, 0.6) is 0 Å². The van der Waals surface area contributed by atoms with E-state index in [4.69, 9.17) is 9.41 Å². The van der Waals surface area contributed by atoms with E-state index in [1.165, 1.54) is 0 Å². The summed E-state index contributed by atoms with van der Waals surface area (Å²) >= 11 is 0. The van der Waals surface area contributed by atoms with Crippen LogP contribution in [-0.2, 0) is 6.42 Å². The number of nitrogens with zero attached hydrogens (tertiary/aromatic N) is 4. The van der Waals surface area contributed by atoms with Crippen LogP contribution in [0.25, 0.3) is 0 Å². The number of aromatic nitrogens is 2. The summed E-state index contributed by atoms with van der Waals surface area (Å²) in [6.07, 6.45) is 8.24. The van der Waals surface area contributed by atoms with E-state index in [1.807, 2.05) is 18.2 Å². The highest BCUT2D eigenvalue weighted by atomic mass is 16.3. The van der Waals surface area contributed by atoms with Gasteiger partial charge in [0.15, 0.2) is 5.96 Å². The van der Waals surface area contributed by atoms with Crippen molar-refractivity contribution in [3.05, 3.63) is 42.6 Å². The van der Waals surface area contributed by atoms with Crippen molar-refractivity contribution >= 4 is 11.9 Å². The Morgan fingerprint density at radius 3 is 2.70 bits per heavy atom. The maximum atomic E-state index is 5.40. The van der Waals surface area contributed by atoms with E-state index in [1.54, 1.807) is 18.7 Å². The fourth-order valence-electron chi connectivity index (χ4n) is 3.06. The lowest BCUT2D eigenvalue weighted by Crippen LogP contribution is -2.49. The predicted molar refractivity (Wildman–Crippen MR) is 108 cm³/mol. The Morgan fingerprint density at radius 2 is 2.04 bits per heavy atom. The van der Waals surface area contributed by atoms with Gasteiger partial charge < -0.3 is 20.0 Å². The normalized spacial score (nSPS) is 16.0. The Morgan fingerprint density at radius 1 is 1.26 bits per heavy atom. The van der Waals surface area contributed by atoms with E-state index in [-0.39, 0.29) is 0 Å². The third kappa shape index (κ3) is 6.27. The maximum Gasteiger partial charge on any atom is 0.225 e. The van der Waals surface area contributed by atoms with Gasteiger partial charge in [0.05, 0.1) is 6.26 Å². The van der Waals surface area contributed by atoms with E-state index < -0.39 is 0 Å². The van der Waals surface area contributed by atoms with E-state index in [0.29, 0.717) is 12.0 Å². The van der Waals surface area contributed by atoms with Gasteiger partial charge in [-0.1, -0.05) is 13.8 Å². The topological polar surface area (TPSA) is 78.6 Å². The average molecular weight is 371 g/mol. The minimum Gasteiger partial charge on any atom is -0.469 e. The molecule has 2 N–H and O–H groups in total. The quantitative estimate of drug-likeness (QED) is 0.576. The summed E-state index contributed by atoms with van der Waals surface area (Å²) < 4.78 is 5.40. The maximum absolute atomic E-state index is 5.40. The molecular weight excluding hydrogens is 340 g/mol. The molecule has 2 aromatic heterocycles. The molecule has 1 fully saturated rings. The summed E-state index contributed by atoms with van der Waals surface area (Å²) in [5.41, 5.74) is 0. The van der Waals surface area contributed by atoms with Crippen molar-refractivity contribution in [1.29, 1.82) is 0 Å². The molecule has 0 aromatic carbocycles. The van der Waals surface area contributed by atoms with Gasteiger partial charge in [-0.2, -0.15) is 0 Å². The highest BCUT2D eigenvalue weighted by Crippen LogP contribution is 2.15. The van der Waals surface area contributed by atoms with Crippen LogP contribution < -0.4 is 15.5 Å². The van der Waals surface area contributed by atoms with E-state index >= 15 is 0 Å². The molecular formula is C20H30N6O. The molecule has 1 aliphatic rings. The van der Waals surface area contributed by atoms with E-state index in [0.717, 1.165) is 63.1 Å². The molecule has 1 aliphatic heterocycles. The second kappa shape index (κ2) is 9.94. The Labute approximate surface area is 161 Å². The third-order valence-corrected chi connectivity index (χ3v) is 4.53. The largest absolute Gasteiger partial charge is 0.469 e. The van der Waals surface area contributed by atoms with Crippen molar-refractivity contribution in [3.63, 3.8) is 0 Å². The molecule has 0 saturated carbocycles. The first-order valence-corrected chi connectivity index (χ1v) is 9.80. The number of nitrogens with one attached hydrogen (secondary N) is 2. The molecule has 146 valence electrons. The van der Waals surface area contributed by atoms with Crippen molar-refractivity contribution in [1.82, 2.24) is 20.6 Å². The molecule has 3 rings (SSSR count). The predicted octanol–water partition coefficient (Wildman–Crippen LogP) is 2.47. The molecule has 0 radical (unpaired) electrons. The molecule has 0 unspecified atom stereocenters. The van der Waals surface area contributed by atoms with Gasteiger partial charge in [0.25, 0.3) is 0 Å². The zero-order valence-electron chi connectivity index (χ0n) is 16.3. The van der Waals surface area contributed by atoms with Gasteiger partial charge >= 0.3 is 0 Å². The average Bonchev–Trinajstić information content (AvgIpc) is 3.21. The van der Waals surface area contributed by atoms with Gasteiger partial charge in [0.2, 0.25) is 5.95 Å². The minimum absolute atomic E-state index is 0.409. The highest BCUT2D eigenvalue weighted by Gasteiger charge is 2.21. The number of piperidine rings is 1. The molecule has 2 aromatic rings. The number of hydrogen-bond acceptors (Lipinski definition) is 5. The van der Waals surface area contributed by atoms with Crippen LogP contribution in [0.4, 0.5) is 5.95 Å². The summed E-state index contributed by atoms with van der Waals surface area (Å²) in [6.45, 7) is 7.88. The first-order chi connectivity index (χ1) is 13.2. The zero-order chi connectivity index (χ0) is 18.9. The molecule has 0 bridgehead atoms. The van der Waals surface area contributed by atoms with Crippen molar-refractivity contribution in [3.8, 4) is 0 Å². The monoisotopic (exact) mass is 370 g/mol. The summed E-state index contributed by atoms with van der Waals surface area (Å²) in [6, 6.07) is 6.18. The number of rotatable bonds is 7. The van der Waals surface area contributed by atoms with Crippen LogP contribution in [0.3, 0.4) is 0 Å². The summed E-state index contributed by atoms with van der Waals surface area (Å²) in [7, 11) is 0. The molecule has 7 heteroatoms. The van der Waals surface area contributed by atoms with E-state index in [2.05, 4.69) is 39.3 Å². The first kappa shape index (κ1) is 19.2. The second-order valence-corrected chi connectivity index (χ2v) is 7.29. The van der Waals surface area contributed by atoms with Gasteiger partial charge in [-0.25, -0.2) is 9.97 Å². The minimum atomic E-state index is 0.409. The number of guanidine groups is 1. The van der Waals surface area contributed by atoms with Crippen LogP contribution in [0.15, 0.2) is 46.3 Å². The molecule has 27 heavy (non-hydrogen) atoms. The van der Waals surface area contributed by atoms with Crippen molar-refractivity contribution in [2.75, 3.05) is 31.1 Å². The lowest BCUT2D eigenvalue weighted by atomic mass is 10.1. The first-order valence-electron chi connectivity index (χ1n) is 9.80. The number of hydrogen-bond donors (Lipinski definition) is 2. The third-order valence-electron chi connectivity index (χ3n) is 4.53. The Balaban J connectivity index is 1.49. The Bertz CT molecular complexity index is 678. The van der Waals surface area contributed by atoms with Gasteiger partial charge in [-0.05, 0) is 37.0 Å². The number of aliphatic imine (C=N–C) groups is 1. The van der Waals surface area contributed by atoms with Gasteiger partial charge in [-0.15, -0.1) is 0 Å². The van der Waals surface area contributed by atoms with E-state index in [9.17, 15) is 0 Å². The van der Waals surface area contributed by atoms with Crippen LogP contribution in [0, 0.1) is 5.92 Å². The molecule has 1 saturated heterocycles. The summed E-state index contributed by atoms with van der Waals surface area (Å²) in [4.78, 5) is 15.7. The van der Waals surface area contributed by atoms with Crippen LogP contribution in [0.2, 0.25) is 0 Å². The fourth-order valence-corrected chi connectivity index (χ4v) is 3.06.